The molecule has 2 rings (SSSR count). The van der Waals surface area contributed by atoms with E-state index in [9.17, 15) is 0 Å². The van der Waals surface area contributed by atoms with E-state index in [-0.39, 0.29) is 67.3 Å². The average molecular weight is 675 g/mol. The Bertz CT molecular complexity index is 951. The van der Waals surface area contributed by atoms with E-state index in [1.807, 2.05) is 25.1 Å². The zero-order chi connectivity index (χ0) is 26.0. The fourth-order valence-electron chi connectivity index (χ4n) is 3.45. The van der Waals surface area contributed by atoms with Gasteiger partial charge in [-0.25, -0.2) is 0 Å². The molecule has 245 valence electrons. The van der Waals surface area contributed by atoms with Crippen LogP contribution in [-0.2, 0) is 0 Å². The predicted molar refractivity (Wildman–Crippen MR) is 192 cm³/mol. The monoisotopic (exact) mass is 673 g/mol. The predicted octanol–water partition coefficient (Wildman–Crippen LogP) is 11.1. The van der Waals surface area contributed by atoms with Crippen LogP contribution >= 0.6 is 29.4 Å². The van der Waals surface area contributed by atoms with Crippen molar-refractivity contribution in [3.63, 3.8) is 0 Å². The molecule has 0 aliphatic heterocycles. The summed E-state index contributed by atoms with van der Waals surface area (Å²) in [5, 5.41) is 0. The largest absolute Gasteiger partial charge is 0.412 e. The standard InChI is InChI=1S/C16H24.C12H13.C5H12.CH4.BrH.ClH.3FH.2H2O/c1-7-8-15(16(4,5)6)14-10-12(2)9-13(3)11-14;1-5-11-6-7-12(9(2)3)10(4)8-11;1-5(2,3)4;;;;;;;;/h8-11H,7H2,1-6H3;2,5-8H,1H2,3-4H3;1-4H3;1H4;5*1H;2*1H2/b15-8-;;;;;;;;;;. The molecule has 41 heavy (non-hydrogen) atoms. The summed E-state index contributed by atoms with van der Waals surface area (Å²) in [4.78, 5) is 0. The molecule has 7 heteroatoms. The maximum Gasteiger partial charge on any atom is -0.0129 e. The lowest BCUT2D eigenvalue weighted by atomic mass is 9.81. The third-order valence-electron chi connectivity index (χ3n) is 4.66. The van der Waals surface area contributed by atoms with Crippen LogP contribution in [0.1, 0.15) is 110 Å². The highest BCUT2D eigenvalue weighted by atomic mass is 79.9. The van der Waals surface area contributed by atoms with Crippen LogP contribution in [0.4, 0.5) is 14.1 Å². The summed E-state index contributed by atoms with van der Waals surface area (Å²) >= 11 is 0. The van der Waals surface area contributed by atoms with Gasteiger partial charge >= 0.3 is 0 Å². The summed E-state index contributed by atoms with van der Waals surface area (Å²) in [6.45, 7) is 35.5. The molecule has 0 saturated heterocycles. The molecule has 0 saturated carbocycles. The molecule has 1 radical (unpaired) electrons. The second-order valence-corrected chi connectivity index (χ2v) is 11.6. The van der Waals surface area contributed by atoms with Gasteiger partial charge < -0.3 is 11.0 Å². The number of rotatable bonds is 4. The maximum absolute atomic E-state index is 5.70. The van der Waals surface area contributed by atoms with E-state index in [0.29, 0.717) is 5.41 Å². The fourth-order valence-corrected chi connectivity index (χ4v) is 3.45. The molecule has 0 aromatic heterocycles. The molecule has 2 nitrogen and oxygen atoms in total. The lowest BCUT2D eigenvalue weighted by Crippen LogP contribution is -2.08. The van der Waals surface area contributed by atoms with Crippen LogP contribution in [-0.4, -0.2) is 11.0 Å². The Kier molecular flexibility index (Phi) is 43.2. The third kappa shape index (κ3) is 28.1. The van der Waals surface area contributed by atoms with Crippen LogP contribution in [0.25, 0.3) is 17.2 Å². The maximum atomic E-state index is 5.70. The number of hydrogen-bond acceptors (Lipinski definition) is 0. The Balaban J connectivity index is -0.0000000533. The molecule has 0 amide bonds. The second-order valence-electron chi connectivity index (χ2n) is 11.6. The highest BCUT2D eigenvalue weighted by Gasteiger charge is 2.18. The Labute approximate surface area is 267 Å². The number of benzene rings is 2. The van der Waals surface area contributed by atoms with Gasteiger partial charge in [-0.1, -0.05) is 136 Å². The number of aryl methyl sites for hydroxylation is 3. The van der Waals surface area contributed by atoms with E-state index >= 15 is 0 Å². The highest BCUT2D eigenvalue weighted by Crippen LogP contribution is 2.35. The van der Waals surface area contributed by atoms with Crippen LogP contribution in [0.15, 0.2) is 49.1 Å². The van der Waals surface area contributed by atoms with Gasteiger partial charge in [0, 0.05) is 0 Å². The van der Waals surface area contributed by atoms with Crippen molar-refractivity contribution >= 4 is 46.6 Å². The number of hydrogen-bond donors (Lipinski definition) is 0. The minimum absolute atomic E-state index is 0. The van der Waals surface area contributed by atoms with Gasteiger partial charge in [-0.2, -0.15) is 0 Å². The van der Waals surface area contributed by atoms with Crippen LogP contribution in [0.5, 0.6) is 0 Å². The van der Waals surface area contributed by atoms with Gasteiger partial charge in [-0.15, -0.1) is 29.4 Å². The first-order chi connectivity index (χ1) is 15.0. The molecule has 0 bridgehead atoms. The summed E-state index contributed by atoms with van der Waals surface area (Å²) in [5.74, 6) is 0. The Hall–Kier alpha value is -1.86. The van der Waals surface area contributed by atoms with Gasteiger partial charge in [0.2, 0.25) is 0 Å². The Morgan fingerprint density at radius 3 is 1.49 bits per heavy atom. The molecule has 4 N–H and O–H groups in total. The third-order valence-corrected chi connectivity index (χ3v) is 4.66. The van der Waals surface area contributed by atoms with Gasteiger partial charge in [0.25, 0.3) is 0 Å². The molecule has 0 aliphatic rings. The van der Waals surface area contributed by atoms with Crippen molar-refractivity contribution < 1.29 is 25.1 Å². The lowest BCUT2D eigenvalue weighted by molar-refractivity contribution is 0.469. The molecule has 2 aromatic carbocycles. The molecule has 0 heterocycles. The summed E-state index contributed by atoms with van der Waals surface area (Å²) < 4.78 is 0. The van der Waals surface area contributed by atoms with Crippen LogP contribution in [0, 0.1) is 38.2 Å². The first-order valence-electron chi connectivity index (χ1n) is 12.1. The van der Waals surface area contributed by atoms with E-state index in [1.165, 1.54) is 27.8 Å². The molecular weight excluding hydrogens is 613 g/mol. The van der Waals surface area contributed by atoms with Gasteiger partial charge in [-0.3, -0.25) is 14.1 Å². The molecule has 2 aromatic rings. The van der Waals surface area contributed by atoms with Gasteiger partial charge in [0.1, 0.15) is 0 Å². The van der Waals surface area contributed by atoms with Crippen molar-refractivity contribution in [3.8, 4) is 0 Å². The first-order valence-corrected chi connectivity index (χ1v) is 12.1. The minimum atomic E-state index is 0. The molecule has 0 unspecified atom stereocenters. The normalized spacial score (nSPS) is 9.32. The lowest BCUT2D eigenvalue weighted by Gasteiger charge is -2.24. The molecule has 0 atom stereocenters. The molecule has 0 aliphatic carbocycles. The van der Waals surface area contributed by atoms with E-state index < -0.39 is 0 Å². The van der Waals surface area contributed by atoms with E-state index in [0.717, 1.165) is 23.1 Å². The van der Waals surface area contributed by atoms with Gasteiger partial charge in [-0.05, 0) is 78.3 Å². The SMILES string of the molecule is Br.C.CC(C)(C)C.CC/C=C(/c1cc(C)cc(C)c1)C(C)(C)C.Cl.F.F.F.O.O.[CH]=C(C)c1ccc(C=C)cc1C. The Morgan fingerprint density at radius 2 is 1.22 bits per heavy atom. The van der Waals surface area contributed by atoms with Gasteiger partial charge in [0.05, 0.1) is 0 Å². The first kappa shape index (κ1) is 62.7. The minimum Gasteiger partial charge on any atom is -0.412 e. The average Bonchev–Trinajstić information content (AvgIpc) is 2.63. The van der Waals surface area contributed by atoms with E-state index in [4.69, 9.17) is 6.58 Å². The van der Waals surface area contributed by atoms with Crippen molar-refractivity contribution in [2.24, 2.45) is 10.8 Å². The summed E-state index contributed by atoms with van der Waals surface area (Å²) in [7, 11) is 0. The van der Waals surface area contributed by atoms with Crippen LogP contribution < -0.4 is 0 Å². The van der Waals surface area contributed by atoms with Crippen molar-refractivity contribution in [2.45, 2.75) is 96.9 Å². The second kappa shape index (κ2) is 28.3. The van der Waals surface area contributed by atoms with Crippen molar-refractivity contribution in [2.75, 3.05) is 0 Å². The Morgan fingerprint density at radius 1 is 0.829 bits per heavy atom. The van der Waals surface area contributed by atoms with E-state index in [2.05, 4.69) is 113 Å². The zero-order valence-electron chi connectivity index (χ0n) is 26.7. The van der Waals surface area contributed by atoms with Gasteiger partial charge in [0.15, 0.2) is 0 Å². The quantitative estimate of drug-likeness (QED) is 0.310. The summed E-state index contributed by atoms with van der Waals surface area (Å²) in [6.07, 6.45) is 5.29. The molecule has 0 fully saturated rings. The van der Waals surface area contributed by atoms with Crippen LogP contribution in [0.3, 0.4) is 0 Å². The topological polar surface area (TPSA) is 63.0 Å². The summed E-state index contributed by atoms with van der Waals surface area (Å²) in [6, 6.07) is 12.9. The highest BCUT2D eigenvalue weighted by molar-refractivity contribution is 8.93. The van der Waals surface area contributed by atoms with Crippen LogP contribution in [0.2, 0.25) is 0 Å². The number of allylic oxidation sites excluding steroid dienone is 3. The van der Waals surface area contributed by atoms with Crippen molar-refractivity contribution in [3.05, 3.63) is 89.0 Å². The van der Waals surface area contributed by atoms with Crippen molar-refractivity contribution in [1.82, 2.24) is 0 Å². The zero-order valence-corrected chi connectivity index (χ0v) is 29.2. The number of halogens is 5. The van der Waals surface area contributed by atoms with Crippen molar-refractivity contribution in [1.29, 1.82) is 0 Å². The van der Waals surface area contributed by atoms with E-state index in [1.54, 1.807) is 0 Å². The molecular formula is C34H62BrClF3O2. The fraction of sp³-hybridized carbons (Fsp3) is 0.471. The smallest absolute Gasteiger partial charge is 0.0129 e. The molecule has 0 spiro atoms. The summed E-state index contributed by atoms with van der Waals surface area (Å²) in [5.41, 5.74) is 10.6.